The largest absolute Gasteiger partial charge is 0.454 e. The molecule has 2 aromatic rings. The van der Waals surface area contributed by atoms with Crippen LogP contribution in [0.25, 0.3) is 0 Å². The molecule has 4 nitrogen and oxygen atoms in total. The van der Waals surface area contributed by atoms with Crippen LogP contribution in [-0.4, -0.2) is 30.4 Å². The highest BCUT2D eigenvalue weighted by molar-refractivity contribution is 6.30. The molecule has 2 N–H and O–H groups in total. The molecule has 0 unspecified atom stereocenters. The van der Waals surface area contributed by atoms with Crippen LogP contribution in [0, 0.1) is 11.7 Å². The molecule has 1 heterocycles. The van der Waals surface area contributed by atoms with Crippen LogP contribution >= 0.6 is 11.6 Å². The number of likely N-dealkylation sites (tertiary alicyclic amines) is 1. The van der Waals surface area contributed by atoms with E-state index >= 15 is 0 Å². The fourth-order valence-corrected chi connectivity index (χ4v) is 2.86. The monoisotopic (exact) mass is 348 g/mol. The maximum Gasteiger partial charge on any atom is 0.253 e. The van der Waals surface area contributed by atoms with Gasteiger partial charge in [-0.05, 0) is 61.3 Å². The third kappa shape index (κ3) is 3.68. The SMILES string of the molecule is NC[C@H]1CCN(C(=O)c2ccc(Oc3ccc(Cl)cc3)c(F)c2)C1. The Kier molecular flexibility index (Phi) is 5.02. The fraction of sp³-hybridized carbons (Fsp3) is 0.278. The predicted octanol–water partition coefficient (Wildman–Crippen LogP) is 3.69. The number of nitrogens with zero attached hydrogens (tertiary/aromatic N) is 1. The number of halogens is 2. The Bertz CT molecular complexity index is 736. The molecule has 2 aromatic carbocycles. The van der Waals surface area contributed by atoms with Gasteiger partial charge in [0.2, 0.25) is 0 Å². The molecule has 1 atom stereocenters. The second-order valence-corrected chi connectivity index (χ2v) is 6.28. The molecule has 0 saturated carbocycles. The Balaban J connectivity index is 1.72. The smallest absolute Gasteiger partial charge is 0.253 e. The van der Waals surface area contributed by atoms with Crippen LogP contribution < -0.4 is 10.5 Å². The van der Waals surface area contributed by atoms with Crippen molar-refractivity contribution in [1.82, 2.24) is 4.90 Å². The highest BCUT2D eigenvalue weighted by Gasteiger charge is 2.26. The summed E-state index contributed by atoms with van der Waals surface area (Å²) < 4.78 is 19.7. The van der Waals surface area contributed by atoms with E-state index in [-0.39, 0.29) is 11.7 Å². The molecular formula is C18H18ClFN2O2. The summed E-state index contributed by atoms with van der Waals surface area (Å²) in [5.41, 5.74) is 5.95. The van der Waals surface area contributed by atoms with E-state index in [1.807, 2.05) is 0 Å². The molecule has 24 heavy (non-hydrogen) atoms. The molecule has 3 rings (SSSR count). The van der Waals surface area contributed by atoms with Gasteiger partial charge in [-0.3, -0.25) is 4.79 Å². The number of carbonyl (C=O) groups excluding carboxylic acids is 1. The standard InChI is InChI=1S/C18H18ClFN2O2/c19-14-2-4-15(5-3-14)24-17-6-1-13(9-16(17)20)18(23)22-8-7-12(10-21)11-22/h1-6,9,12H,7-8,10-11,21H2/t12-/m1/s1. The number of benzene rings is 2. The molecule has 126 valence electrons. The molecule has 1 amide bonds. The van der Waals surface area contributed by atoms with Crippen LogP contribution in [0.1, 0.15) is 16.8 Å². The maximum absolute atomic E-state index is 14.3. The van der Waals surface area contributed by atoms with Crippen molar-refractivity contribution in [3.63, 3.8) is 0 Å². The van der Waals surface area contributed by atoms with Gasteiger partial charge in [-0.25, -0.2) is 4.39 Å². The summed E-state index contributed by atoms with van der Waals surface area (Å²) in [6.45, 7) is 1.84. The molecule has 1 aliphatic rings. The lowest BCUT2D eigenvalue weighted by molar-refractivity contribution is 0.0787. The first-order chi connectivity index (χ1) is 11.6. The molecule has 1 saturated heterocycles. The van der Waals surface area contributed by atoms with Crippen molar-refractivity contribution >= 4 is 17.5 Å². The first kappa shape index (κ1) is 16.7. The van der Waals surface area contributed by atoms with Gasteiger partial charge >= 0.3 is 0 Å². The third-order valence-electron chi connectivity index (χ3n) is 4.13. The van der Waals surface area contributed by atoms with Crippen LogP contribution in [0.5, 0.6) is 11.5 Å². The quantitative estimate of drug-likeness (QED) is 0.916. The van der Waals surface area contributed by atoms with Crippen molar-refractivity contribution < 1.29 is 13.9 Å². The van der Waals surface area contributed by atoms with Crippen LogP contribution in [0.15, 0.2) is 42.5 Å². The summed E-state index contributed by atoms with van der Waals surface area (Å²) in [5, 5.41) is 0.574. The summed E-state index contributed by atoms with van der Waals surface area (Å²) >= 11 is 5.80. The Labute approximate surface area is 145 Å². The van der Waals surface area contributed by atoms with Gasteiger partial charge in [-0.15, -0.1) is 0 Å². The minimum atomic E-state index is -0.578. The zero-order valence-electron chi connectivity index (χ0n) is 13.0. The van der Waals surface area contributed by atoms with Crippen molar-refractivity contribution in [2.75, 3.05) is 19.6 Å². The van der Waals surface area contributed by atoms with E-state index in [4.69, 9.17) is 22.1 Å². The Morgan fingerprint density at radius 3 is 2.67 bits per heavy atom. The minimum absolute atomic E-state index is 0.0649. The van der Waals surface area contributed by atoms with Crippen molar-refractivity contribution in [1.29, 1.82) is 0 Å². The normalized spacial score (nSPS) is 17.1. The van der Waals surface area contributed by atoms with Crippen LogP contribution in [0.2, 0.25) is 5.02 Å². The summed E-state index contributed by atoms with van der Waals surface area (Å²) in [7, 11) is 0. The van der Waals surface area contributed by atoms with Gasteiger partial charge in [0.05, 0.1) is 0 Å². The number of rotatable bonds is 4. The number of carbonyl (C=O) groups is 1. The first-order valence-electron chi connectivity index (χ1n) is 7.79. The molecule has 0 spiro atoms. The topological polar surface area (TPSA) is 55.6 Å². The average molecular weight is 349 g/mol. The molecule has 0 aliphatic carbocycles. The lowest BCUT2D eigenvalue weighted by Gasteiger charge is -2.17. The Morgan fingerprint density at radius 2 is 2.04 bits per heavy atom. The minimum Gasteiger partial charge on any atom is -0.454 e. The van der Waals surface area contributed by atoms with E-state index in [0.29, 0.717) is 41.9 Å². The summed E-state index contributed by atoms with van der Waals surface area (Å²) in [4.78, 5) is 14.1. The first-order valence-corrected chi connectivity index (χ1v) is 8.17. The predicted molar refractivity (Wildman–Crippen MR) is 91.0 cm³/mol. The molecule has 6 heteroatoms. The van der Waals surface area contributed by atoms with Gasteiger partial charge in [0.1, 0.15) is 5.75 Å². The van der Waals surface area contributed by atoms with Gasteiger partial charge in [0.25, 0.3) is 5.91 Å². The van der Waals surface area contributed by atoms with Gasteiger partial charge in [0.15, 0.2) is 11.6 Å². The number of amides is 1. The second-order valence-electron chi connectivity index (χ2n) is 5.84. The van der Waals surface area contributed by atoms with Crippen molar-refractivity contribution in [2.45, 2.75) is 6.42 Å². The average Bonchev–Trinajstić information content (AvgIpc) is 3.07. The molecule has 1 fully saturated rings. The number of hydrogen-bond acceptors (Lipinski definition) is 3. The Morgan fingerprint density at radius 1 is 1.29 bits per heavy atom. The van der Waals surface area contributed by atoms with E-state index < -0.39 is 5.82 Å². The Hall–Kier alpha value is -2.11. The third-order valence-corrected chi connectivity index (χ3v) is 4.38. The summed E-state index contributed by atoms with van der Waals surface area (Å²) in [6, 6.07) is 10.9. The van der Waals surface area contributed by atoms with Gasteiger partial charge < -0.3 is 15.4 Å². The molecule has 1 aliphatic heterocycles. The second kappa shape index (κ2) is 7.20. The van der Waals surface area contributed by atoms with E-state index in [2.05, 4.69) is 0 Å². The molecule has 0 aromatic heterocycles. The highest BCUT2D eigenvalue weighted by Crippen LogP contribution is 2.27. The van der Waals surface area contributed by atoms with E-state index in [1.165, 1.54) is 12.1 Å². The summed E-state index contributed by atoms with van der Waals surface area (Å²) in [6.07, 6.45) is 0.891. The summed E-state index contributed by atoms with van der Waals surface area (Å²) in [5.74, 6) is 0.109. The molecule has 0 radical (unpaired) electrons. The van der Waals surface area contributed by atoms with Gasteiger partial charge in [-0.1, -0.05) is 11.6 Å². The molecular weight excluding hydrogens is 331 g/mol. The van der Waals surface area contributed by atoms with Crippen LogP contribution in [0.4, 0.5) is 4.39 Å². The number of nitrogens with two attached hydrogens (primary N) is 1. The van der Waals surface area contributed by atoms with E-state index in [0.717, 1.165) is 6.42 Å². The zero-order chi connectivity index (χ0) is 17.1. The van der Waals surface area contributed by atoms with E-state index in [9.17, 15) is 9.18 Å². The van der Waals surface area contributed by atoms with Crippen molar-refractivity contribution in [3.8, 4) is 11.5 Å². The van der Waals surface area contributed by atoms with E-state index in [1.54, 1.807) is 35.2 Å². The fourth-order valence-electron chi connectivity index (χ4n) is 2.74. The van der Waals surface area contributed by atoms with Crippen LogP contribution in [-0.2, 0) is 0 Å². The lowest BCUT2D eigenvalue weighted by Crippen LogP contribution is -2.29. The zero-order valence-corrected chi connectivity index (χ0v) is 13.8. The lowest BCUT2D eigenvalue weighted by atomic mass is 10.1. The van der Waals surface area contributed by atoms with Crippen molar-refractivity contribution in [2.24, 2.45) is 11.7 Å². The number of ether oxygens (including phenoxy) is 1. The van der Waals surface area contributed by atoms with Crippen molar-refractivity contribution in [3.05, 3.63) is 58.9 Å². The highest BCUT2D eigenvalue weighted by atomic mass is 35.5. The van der Waals surface area contributed by atoms with Gasteiger partial charge in [-0.2, -0.15) is 0 Å². The van der Waals surface area contributed by atoms with Crippen LogP contribution in [0.3, 0.4) is 0 Å². The maximum atomic E-state index is 14.3. The van der Waals surface area contributed by atoms with Gasteiger partial charge in [0, 0.05) is 23.7 Å². The molecule has 0 bridgehead atoms. The number of hydrogen-bond donors (Lipinski definition) is 1.